The second-order valence-electron chi connectivity index (χ2n) is 8.99. The Bertz CT molecular complexity index is 1310. The molecule has 4 aromatic rings. The number of hydrogen-bond donors (Lipinski definition) is 1. The van der Waals surface area contributed by atoms with Crippen LogP contribution < -0.4 is 0 Å². The van der Waals surface area contributed by atoms with Crippen molar-refractivity contribution in [3.8, 4) is 0 Å². The molecule has 0 spiro atoms. The fourth-order valence-electron chi connectivity index (χ4n) is 5.25. The Morgan fingerprint density at radius 2 is 1.94 bits per heavy atom. The quantitative estimate of drug-likeness (QED) is 0.503. The molecule has 1 aliphatic rings. The summed E-state index contributed by atoms with van der Waals surface area (Å²) in [5, 5.41) is 5.79. The summed E-state index contributed by atoms with van der Waals surface area (Å²) in [4.78, 5) is 19.3. The van der Waals surface area contributed by atoms with Crippen LogP contribution in [0.25, 0.3) is 10.9 Å². The van der Waals surface area contributed by atoms with Gasteiger partial charge in [0.15, 0.2) is 0 Å². The fourth-order valence-corrected chi connectivity index (χ4v) is 5.25. The third kappa shape index (κ3) is 3.42. The summed E-state index contributed by atoms with van der Waals surface area (Å²) in [6.45, 7) is 6.95. The van der Waals surface area contributed by atoms with E-state index in [2.05, 4.69) is 77.4 Å². The number of para-hydroxylation sites is 1. The Morgan fingerprint density at radius 1 is 1.12 bits per heavy atom. The van der Waals surface area contributed by atoms with Crippen LogP contribution in [0.4, 0.5) is 0 Å². The summed E-state index contributed by atoms with van der Waals surface area (Å²) in [6.07, 6.45) is 2.09. The highest BCUT2D eigenvalue weighted by Gasteiger charge is 2.34. The van der Waals surface area contributed by atoms with Gasteiger partial charge in [-0.2, -0.15) is 5.10 Å². The van der Waals surface area contributed by atoms with Gasteiger partial charge in [0.2, 0.25) is 5.91 Å². The average molecular weight is 427 g/mol. The molecule has 1 atom stereocenters. The van der Waals surface area contributed by atoms with Gasteiger partial charge in [-0.15, -0.1) is 0 Å². The summed E-state index contributed by atoms with van der Waals surface area (Å²) in [7, 11) is 1.96. The van der Waals surface area contributed by atoms with Crippen molar-refractivity contribution in [3.63, 3.8) is 0 Å². The minimum Gasteiger partial charge on any atom is -0.356 e. The van der Waals surface area contributed by atoms with Gasteiger partial charge in [0, 0.05) is 42.3 Å². The molecule has 2 aromatic carbocycles. The second-order valence-corrected chi connectivity index (χ2v) is 8.99. The predicted molar refractivity (Wildman–Crippen MR) is 128 cm³/mol. The zero-order valence-electron chi connectivity index (χ0n) is 19.3. The molecule has 32 heavy (non-hydrogen) atoms. The minimum absolute atomic E-state index is 0.0883. The van der Waals surface area contributed by atoms with E-state index in [1.807, 2.05) is 18.7 Å². The van der Waals surface area contributed by atoms with Crippen molar-refractivity contribution < 1.29 is 4.79 Å². The first-order chi connectivity index (χ1) is 15.4. The standard InChI is InChI=1S/C27H30N4O/c1-17-8-7-9-20(16-17)27-26-23(22-10-5-6-11-24(22)28-26)14-15-31(27)25(32)13-12-21-18(2)29-30(4)19(21)3/h5-11,16,27-28H,12-15H2,1-4H3. The Morgan fingerprint density at radius 3 is 2.69 bits per heavy atom. The highest BCUT2D eigenvalue weighted by atomic mass is 16.2. The zero-order chi connectivity index (χ0) is 22.4. The molecule has 1 amide bonds. The number of rotatable bonds is 4. The molecule has 1 unspecified atom stereocenters. The molecule has 0 fully saturated rings. The summed E-state index contributed by atoms with van der Waals surface area (Å²) in [5.41, 5.74) is 9.37. The topological polar surface area (TPSA) is 53.9 Å². The maximum Gasteiger partial charge on any atom is 0.223 e. The fraction of sp³-hybridized carbons (Fsp3) is 0.333. The minimum atomic E-state index is -0.0883. The molecule has 5 heteroatoms. The van der Waals surface area contributed by atoms with E-state index in [0.29, 0.717) is 6.42 Å². The molecule has 5 nitrogen and oxygen atoms in total. The van der Waals surface area contributed by atoms with Gasteiger partial charge in [0.25, 0.3) is 0 Å². The van der Waals surface area contributed by atoms with Crippen LogP contribution in [0.15, 0.2) is 48.5 Å². The van der Waals surface area contributed by atoms with Crippen LogP contribution in [0.3, 0.4) is 0 Å². The van der Waals surface area contributed by atoms with E-state index in [4.69, 9.17) is 0 Å². The van der Waals surface area contributed by atoms with Crippen LogP contribution in [0.5, 0.6) is 0 Å². The number of fused-ring (bicyclic) bond motifs is 3. The van der Waals surface area contributed by atoms with Crippen LogP contribution in [-0.2, 0) is 24.7 Å². The number of nitrogens with zero attached hydrogens (tertiary/aromatic N) is 3. The number of aromatic nitrogens is 3. The summed E-state index contributed by atoms with van der Waals surface area (Å²) in [5.74, 6) is 0.198. The van der Waals surface area contributed by atoms with Gasteiger partial charge >= 0.3 is 0 Å². The number of H-pyrrole nitrogens is 1. The molecule has 0 radical (unpaired) electrons. The first-order valence-corrected chi connectivity index (χ1v) is 11.4. The van der Waals surface area contributed by atoms with E-state index in [1.165, 1.54) is 27.6 Å². The normalized spacial score (nSPS) is 15.9. The zero-order valence-corrected chi connectivity index (χ0v) is 19.3. The number of carbonyl (C=O) groups is 1. The lowest BCUT2D eigenvalue weighted by atomic mass is 9.91. The van der Waals surface area contributed by atoms with Gasteiger partial charge in [-0.25, -0.2) is 0 Å². The number of aryl methyl sites for hydroxylation is 3. The third-order valence-electron chi connectivity index (χ3n) is 6.96. The number of benzene rings is 2. The molecule has 164 valence electrons. The SMILES string of the molecule is Cc1cccc(C2c3[nH]c4ccccc4c3CCN2C(=O)CCc2c(C)nn(C)c2C)c1. The van der Waals surface area contributed by atoms with Gasteiger partial charge in [-0.1, -0.05) is 48.0 Å². The van der Waals surface area contributed by atoms with E-state index in [1.54, 1.807) is 0 Å². The van der Waals surface area contributed by atoms with Gasteiger partial charge in [0.1, 0.15) is 0 Å². The molecule has 1 N–H and O–H groups in total. The van der Waals surface area contributed by atoms with E-state index < -0.39 is 0 Å². The number of nitrogens with one attached hydrogen (secondary N) is 1. The second kappa shape index (κ2) is 7.97. The molecule has 1 aliphatic heterocycles. The van der Waals surface area contributed by atoms with E-state index in [0.717, 1.165) is 42.0 Å². The Labute approximate surface area is 189 Å². The van der Waals surface area contributed by atoms with E-state index >= 15 is 0 Å². The predicted octanol–water partition coefficient (Wildman–Crippen LogP) is 4.93. The van der Waals surface area contributed by atoms with Gasteiger partial charge in [0.05, 0.1) is 11.7 Å². The average Bonchev–Trinajstić information content (AvgIpc) is 3.27. The molecular formula is C27H30N4O. The first-order valence-electron chi connectivity index (χ1n) is 11.4. The molecular weight excluding hydrogens is 396 g/mol. The molecule has 0 saturated carbocycles. The largest absolute Gasteiger partial charge is 0.356 e. The molecule has 5 rings (SSSR count). The molecule has 2 aromatic heterocycles. The van der Waals surface area contributed by atoms with Crippen molar-refractivity contribution in [2.24, 2.45) is 7.05 Å². The van der Waals surface area contributed by atoms with Crippen LogP contribution in [-0.4, -0.2) is 32.1 Å². The van der Waals surface area contributed by atoms with Gasteiger partial charge in [-0.05, 0) is 56.4 Å². The third-order valence-corrected chi connectivity index (χ3v) is 6.96. The number of hydrogen-bond acceptors (Lipinski definition) is 2. The van der Waals surface area contributed by atoms with Crippen molar-refractivity contribution in [3.05, 3.63) is 87.9 Å². The van der Waals surface area contributed by atoms with Gasteiger partial charge in [-0.3, -0.25) is 9.48 Å². The van der Waals surface area contributed by atoms with Crippen LogP contribution in [0, 0.1) is 20.8 Å². The highest BCUT2D eigenvalue weighted by Crippen LogP contribution is 2.39. The first kappa shape index (κ1) is 20.6. The summed E-state index contributed by atoms with van der Waals surface area (Å²) < 4.78 is 1.91. The van der Waals surface area contributed by atoms with E-state index in [9.17, 15) is 4.79 Å². The summed E-state index contributed by atoms with van der Waals surface area (Å²) in [6, 6.07) is 16.9. The molecule has 0 saturated heterocycles. The Kier molecular flexibility index (Phi) is 5.12. The van der Waals surface area contributed by atoms with Crippen molar-refractivity contribution >= 4 is 16.8 Å². The van der Waals surface area contributed by atoms with Gasteiger partial charge < -0.3 is 9.88 Å². The lowest BCUT2D eigenvalue weighted by Gasteiger charge is -2.36. The molecule has 3 heterocycles. The smallest absolute Gasteiger partial charge is 0.223 e. The maximum atomic E-state index is 13.6. The van der Waals surface area contributed by atoms with Crippen LogP contribution >= 0.6 is 0 Å². The number of amides is 1. The monoisotopic (exact) mass is 426 g/mol. The summed E-state index contributed by atoms with van der Waals surface area (Å²) >= 11 is 0. The Hall–Kier alpha value is -3.34. The maximum absolute atomic E-state index is 13.6. The van der Waals surface area contributed by atoms with Crippen LogP contribution in [0.1, 0.15) is 51.8 Å². The number of aromatic amines is 1. The van der Waals surface area contributed by atoms with Crippen molar-refractivity contribution in [1.29, 1.82) is 0 Å². The Balaban J connectivity index is 1.51. The van der Waals surface area contributed by atoms with Crippen LogP contribution in [0.2, 0.25) is 0 Å². The molecule has 0 bridgehead atoms. The van der Waals surface area contributed by atoms with Crippen molar-refractivity contribution in [2.45, 2.75) is 46.1 Å². The van der Waals surface area contributed by atoms with Crippen molar-refractivity contribution in [2.75, 3.05) is 6.54 Å². The van der Waals surface area contributed by atoms with E-state index in [-0.39, 0.29) is 11.9 Å². The van der Waals surface area contributed by atoms with Crippen molar-refractivity contribution in [1.82, 2.24) is 19.7 Å². The number of carbonyl (C=O) groups excluding carboxylic acids is 1. The lowest BCUT2D eigenvalue weighted by Crippen LogP contribution is -2.40. The lowest BCUT2D eigenvalue weighted by molar-refractivity contribution is -0.133. The highest BCUT2D eigenvalue weighted by molar-refractivity contribution is 5.86. The molecule has 0 aliphatic carbocycles.